The predicted molar refractivity (Wildman–Crippen MR) is 49.7 cm³/mol. The second-order valence-corrected chi connectivity index (χ2v) is 2.51. The second kappa shape index (κ2) is 3.90. The van der Waals surface area contributed by atoms with Crippen molar-refractivity contribution >= 4 is 5.69 Å². The summed E-state index contributed by atoms with van der Waals surface area (Å²) in [5, 5.41) is 0. The van der Waals surface area contributed by atoms with Crippen molar-refractivity contribution in [1.82, 2.24) is 0 Å². The Morgan fingerprint density at radius 1 is 1.33 bits per heavy atom. The lowest BCUT2D eigenvalue weighted by molar-refractivity contribution is 0.605. The van der Waals surface area contributed by atoms with Gasteiger partial charge in [-0.3, -0.25) is 0 Å². The van der Waals surface area contributed by atoms with Crippen molar-refractivity contribution in [3.05, 3.63) is 42.4 Å². The first kappa shape index (κ1) is 8.78. The summed E-state index contributed by atoms with van der Waals surface area (Å²) in [6.07, 6.45) is 1.44. The first-order valence-electron chi connectivity index (χ1n) is 3.86. The van der Waals surface area contributed by atoms with Crippen molar-refractivity contribution in [3.8, 4) is 0 Å². The van der Waals surface area contributed by atoms with Crippen LogP contribution in [-0.2, 0) is 0 Å². The average Bonchev–Trinajstić information content (AvgIpc) is 2.17. The van der Waals surface area contributed by atoms with Crippen LogP contribution < -0.4 is 4.90 Å². The third-order valence-corrected chi connectivity index (χ3v) is 1.70. The van der Waals surface area contributed by atoms with E-state index in [1.165, 1.54) is 11.0 Å². The molecule has 0 aromatic heterocycles. The molecule has 64 valence electrons. The molecule has 0 saturated heterocycles. The number of para-hydroxylation sites is 1. The van der Waals surface area contributed by atoms with Gasteiger partial charge in [0.05, 0.1) is 0 Å². The highest BCUT2D eigenvalue weighted by Crippen LogP contribution is 2.16. The zero-order chi connectivity index (χ0) is 8.97. The number of anilines is 1. The Balaban J connectivity index is 2.86. The van der Waals surface area contributed by atoms with Gasteiger partial charge in [-0.1, -0.05) is 18.2 Å². The molecule has 0 atom stereocenters. The lowest BCUT2D eigenvalue weighted by atomic mass is 10.3. The van der Waals surface area contributed by atoms with Crippen LogP contribution in [-0.4, -0.2) is 7.05 Å². The zero-order valence-corrected chi connectivity index (χ0v) is 7.29. The van der Waals surface area contributed by atoms with Crippen molar-refractivity contribution in [2.24, 2.45) is 0 Å². The van der Waals surface area contributed by atoms with E-state index in [0.717, 1.165) is 5.69 Å². The molecule has 0 aliphatic rings. The topological polar surface area (TPSA) is 3.24 Å². The molecule has 0 radical (unpaired) electrons. The van der Waals surface area contributed by atoms with Crippen molar-refractivity contribution in [2.45, 2.75) is 6.92 Å². The standard InChI is InChI=1S/C10H12FN/c1-3-10(11)12(2)9-7-5-4-6-8-9/h3-8H,1-2H3/b10-3+. The first-order valence-corrected chi connectivity index (χ1v) is 3.86. The average molecular weight is 165 g/mol. The Labute approximate surface area is 72.1 Å². The van der Waals surface area contributed by atoms with Crippen LogP contribution in [0.3, 0.4) is 0 Å². The van der Waals surface area contributed by atoms with Crippen LogP contribution >= 0.6 is 0 Å². The lowest BCUT2D eigenvalue weighted by Gasteiger charge is -2.15. The number of rotatable bonds is 2. The largest absolute Gasteiger partial charge is 0.322 e. The molecule has 0 fully saturated rings. The molecule has 0 aliphatic heterocycles. The molecule has 0 N–H and O–H groups in total. The van der Waals surface area contributed by atoms with Crippen molar-refractivity contribution in [1.29, 1.82) is 0 Å². The number of nitrogens with zero attached hydrogens (tertiary/aromatic N) is 1. The van der Waals surface area contributed by atoms with Gasteiger partial charge in [-0.05, 0) is 25.1 Å². The monoisotopic (exact) mass is 165 g/mol. The summed E-state index contributed by atoms with van der Waals surface area (Å²) in [4.78, 5) is 1.50. The van der Waals surface area contributed by atoms with Gasteiger partial charge in [-0.2, -0.15) is 4.39 Å². The van der Waals surface area contributed by atoms with E-state index in [2.05, 4.69) is 0 Å². The minimum absolute atomic E-state index is 0.235. The minimum Gasteiger partial charge on any atom is -0.322 e. The Bertz CT molecular complexity index is 266. The molecule has 0 unspecified atom stereocenters. The fourth-order valence-corrected chi connectivity index (χ4v) is 0.969. The van der Waals surface area contributed by atoms with E-state index in [0.29, 0.717) is 0 Å². The van der Waals surface area contributed by atoms with E-state index in [9.17, 15) is 4.39 Å². The van der Waals surface area contributed by atoms with Gasteiger partial charge in [0.1, 0.15) is 0 Å². The molecule has 0 aliphatic carbocycles. The zero-order valence-electron chi connectivity index (χ0n) is 7.29. The molecule has 1 aromatic rings. The summed E-state index contributed by atoms with van der Waals surface area (Å²) in [5.41, 5.74) is 0.855. The molecule has 12 heavy (non-hydrogen) atoms. The first-order chi connectivity index (χ1) is 5.75. The lowest BCUT2D eigenvalue weighted by Crippen LogP contribution is -2.12. The number of hydrogen-bond acceptors (Lipinski definition) is 1. The quantitative estimate of drug-likeness (QED) is 0.609. The highest BCUT2D eigenvalue weighted by molar-refractivity contribution is 5.49. The van der Waals surface area contributed by atoms with Gasteiger partial charge >= 0.3 is 0 Å². The molecule has 0 amide bonds. The molecule has 2 heteroatoms. The summed E-state index contributed by atoms with van der Waals surface area (Å²) in [5.74, 6) is -0.235. The van der Waals surface area contributed by atoms with Crippen LogP contribution in [0.1, 0.15) is 6.92 Å². The summed E-state index contributed by atoms with van der Waals surface area (Å²) < 4.78 is 13.0. The summed E-state index contributed by atoms with van der Waals surface area (Å²) in [6.45, 7) is 1.68. The summed E-state index contributed by atoms with van der Waals surface area (Å²) in [7, 11) is 1.70. The van der Waals surface area contributed by atoms with Crippen LogP contribution in [0, 0.1) is 0 Å². The fourth-order valence-electron chi connectivity index (χ4n) is 0.969. The van der Waals surface area contributed by atoms with Gasteiger partial charge < -0.3 is 4.90 Å². The highest BCUT2D eigenvalue weighted by atomic mass is 19.1. The molecule has 0 heterocycles. The van der Waals surface area contributed by atoms with Crippen LogP contribution in [0.4, 0.5) is 10.1 Å². The number of allylic oxidation sites excluding steroid dienone is 1. The Kier molecular flexibility index (Phi) is 2.86. The predicted octanol–water partition coefficient (Wildman–Crippen LogP) is 2.95. The van der Waals surface area contributed by atoms with Crippen molar-refractivity contribution in [3.63, 3.8) is 0 Å². The third-order valence-electron chi connectivity index (χ3n) is 1.70. The van der Waals surface area contributed by atoms with Crippen LogP contribution in [0.25, 0.3) is 0 Å². The molecular formula is C10H12FN. The van der Waals surface area contributed by atoms with E-state index >= 15 is 0 Å². The SMILES string of the molecule is C/C=C(\F)N(C)c1ccccc1. The minimum atomic E-state index is -0.235. The van der Waals surface area contributed by atoms with Crippen LogP contribution in [0.15, 0.2) is 42.4 Å². The van der Waals surface area contributed by atoms with E-state index in [-0.39, 0.29) is 5.95 Å². The van der Waals surface area contributed by atoms with E-state index < -0.39 is 0 Å². The maximum absolute atomic E-state index is 13.0. The Morgan fingerprint density at radius 3 is 2.42 bits per heavy atom. The molecule has 1 rings (SSSR count). The van der Waals surface area contributed by atoms with Gasteiger partial charge in [0, 0.05) is 12.7 Å². The molecule has 0 spiro atoms. The van der Waals surface area contributed by atoms with Crippen molar-refractivity contribution < 1.29 is 4.39 Å². The Morgan fingerprint density at radius 2 is 1.92 bits per heavy atom. The molecule has 0 saturated carbocycles. The number of hydrogen-bond donors (Lipinski definition) is 0. The van der Waals surface area contributed by atoms with Gasteiger partial charge in [0.2, 0.25) is 0 Å². The normalized spacial score (nSPS) is 11.4. The van der Waals surface area contributed by atoms with Crippen LogP contribution in [0.2, 0.25) is 0 Å². The molecule has 1 aromatic carbocycles. The van der Waals surface area contributed by atoms with Gasteiger partial charge in [0.15, 0.2) is 5.95 Å². The van der Waals surface area contributed by atoms with Crippen molar-refractivity contribution in [2.75, 3.05) is 11.9 Å². The fraction of sp³-hybridized carbons (Fsp3) is 0.200. The Hall–Kier alpha value is -1.31. The molecule has 0 bridgehead atoms. The number of benzene rings is 1. The molecular weight excluding hydrogens is 153 g/mol. The van der Waals surface area contributed by atoms with Gasteiger partial charge in [-0.25, -0.2) is 0 Å². The maximum atomic E-state index is 13.0. The van der Waals surface area contributed by atoms with E-state index in [4.69, 9.17) is 0 Å². The molecule has 1 nitrogen and oxygen atoms in total. The number of halogens is 1. The summed E-state index contributed by atoms with van der Waals surface area (Å²) >= 11 is 0. The van der Waals surface area contributed by atoms with E-state index in [1.807, 2.05) is 30.3 Å². The third kappa shape index (κ3) is 1.84. The summed E-state index contributed by atoms with van der Waals surface area (Å²) in [6, 6.07) is 9.40. The smallest absolute Gasteiger partial charge is 0.189 e. The van der Waals surface area contributed by atoms with Gasteiger partial charge in [0.25, 0.3) is 0 Å². The van der Waals surface area contributed by atoms with E-state index in [1.54, 1.807) is 14.0 Å². The van der Waals surface area contributed by atoms with Crippen LogP contribution in [0.5, 0.6) is 0 Å². The highest BCUT2D eigenvalue weighted by Gasteiger charge is 2.02. The second-order valence-electron chi connectivity index (χ2n) is 2.51. The maximum Gasteiger partial charge on any atom is 0.189 e. The van der Waals surface area contributed by atoms with Gasteiger partial charge in [-0.15, -0.1) is 0 Å².